The Morgan fingerprint density at radius 3 is 3.27 bits per heavy atom. The molecular weight excluding hydrogens is 196 g/mol. The first kappa shape index (κ1) is 10.4. The number of methoxy groups -OCH3 is 1. The van der Waals surface area contributed by atoms with Gasteiger partial charge in [-0.25, -0.2) is 0 Å². The normalized spacial score (nSPS) is 15.1. The highest BCUT2D eigenvalue weighted by Crippen LogP contribution is 2.29. The summed E-state index contributed by atoms with van der Waals surface area (Å²) >= 11 is 0. The van der Waals surface area contributed by atoms with E-state index in [1.54, 1.807) is 24.4 Å². The van der Waals surface area contributed by atoms with Gasteiger partial charge in [-0.2, -0.15) is 0 Å². The quantitative estimate of drug-likeness (QED) is 0.776. The maximum absolute atomic E-state index is 9.10. The van der Waals surface area contributed by atoms with Gasteiger partial charge in [-0.1, -0.05) is 0 Å². The maximum Gasteiger partial charge on any atom is 0.155 e. The van der Waals surface area contributed by atoms with Crippen LogP contribution in [0.15, 0.2) is 12.3 Å². The number of rotatable bonds is 4. The fourth-order valence-electron chi connectivity index (χ4n) is 1.57. The fourth-order valence-corrected chi connectivity index (χ4v) is 1.57. The second-order valence-electron chi connectivity index (χ2n) is 3.34. The van der Waals surface area contributed by atoms with E-state index in [1.165, 1.54) is 0 Å². The Bertz CT molecular complexity index is 343. The number of hydrogen-bond acceptors (Lipinski definition) is 5. The Morgan fingerprint density at radius 1 is 1.67 bits per heavy atom. The summed E-state index contributed by atoms with van der Waals surface area (Å²) in [5.74, 6) is 0.783. The number of aliphatic hydroxyl groups excluding tert-OH is 1. The van der Waals surface area contributed by atoms with Gasteiger partial charge >= 0.3 is 0 Å². The van der Waals surface area contributed by atoms with E-state index in [2.05, 4.69) is 4.98 Å². The number of nitrogens with zero attached hydrogens (tertiary/aromatic N) is 2. The molecule has 0 spiro atoms. The van der Waals surface area contributed by atoms with Crippen LogP contribution in [0.25, 0.3) is 0 Å². The lowest BCUT2D eigenvalue weighted by Crippen LogP contribution is -2.25. The molecule has 2 heterocycles. The van der Waals surface area contributed by atoms with E-state index in [4.69, 9.17) is 14.7 Å². The van der Waals surface area contributed by atoms with Crippen LogP contribution in [0.2, 0.25) is 0 Å². The van der Waals surface area contributed by atoms with Gasteiger partial charge in [0.2, 0.25) is 0 Å². The first-order valence-corrected chi connectivity index (χ1v) is 4.84. The van der Waals surface area contributed by atoms with Gasteiger partial charge in [0.15, 0.2) is 5.75 Å². The van der Waals surface area contributed by atoms with Gasteiger partial charge < -0.3 is 14.7 Å². The van der Waals surface area contributed by atoms with Crippen LogP contribution in [0.1, 0.15) is 11.3 Å². The molecule has 0 bridgehead atoms. The molecule has 1 aromatic rings. The molecule has 0 aromatic carbocycles. The van der Waals surface area contributed by atoms with Gasteiger partial charge in [-0.3, -0.25) is 4.98 Å². The van der Waals surface area contributed by atoms with Crippen molar-refractivity contribution in [3.05, 3.63) is 23.5 Å². The molecule has 0 atom stereocenters. The zero-order chi connectivity index (χ0) is 10.7. The minimum Gasteiger partial charge on any atom is -0.405 e. The summed E-state index contributed by atoms with van der Waals surface area (Å²) in [7, 11) is 1.66. The van der Waals surface area contributed by atoms with Gasteiger partial charge in [-0.15, -0.1) is 5.06 Å². The summed E-state index contributed by atoms with van der Waals surface area (Å²) in [6, 6.07) is 1.81. The Morgan fingerprint density at radius 2 is 2.53 bits per heavy atom. The Kier molecular flexibility index (Phi) is 3.15. The molecule has 82 valence electrons. The standard InChI is InChI=1S/C10H14N2O3/c1-14-5-4-12-6-8-9(7-13)11-3-2-10(8)15-12/h2-3,13H,4-7H2,1H3. The highest BCUT2D eigenvalue weighted by molar-refractivity contribution is 5.37. The van der Waals surface area contributed by atoms with Gasteiger partial charge in [0.1, 0.15) is 0 Å². The van der Waals surface area contributed by atoms with Crippen LogP contribution in [0.3, 0.4) is 0 Å². The molecule has 5 nitrogen and oxygen atoms in total. The van der Waals surface area contributed by atoms with Crippen LogP contribution >= 0.6 is 0 Å². The average Bonchev–Trinajstić information content (AvgIpc) is 2.68. The molecule has 1 aliphatic heterocycles. The summed E-state index contributed by atoms with van der Waals surface area (Å²) in [6.45, 7) is 1.93. The topological polar surface area (TPSA) is 54.8 Å². The van der Waals surface area contributed by atoms with Crippen LogP contribution in [0.4, 0.5) is 0 Å². The number of pyridine rings is 1. The molecule has 5 heteroatoms. The monoisotopic (exact) mass is 210 g/mol. The lowest BCUT2D eigenvalue weighted by atomic mass is 10.2. The highest BCUT2D eigenvalue weighted by Gasteiger charge is 2.23. The van der Waals surface area contributed by atoms with E-state index in [0.29, 0.717) is 25.4 Å². The van der Waals surface area contributed by atoms with Crippen molar-refractivity contribution in [2.24, 2.45) is 0 Å². The van der Waals surface area contributed by atoms with Crippen molar-refractivity contribution < 1.29 is 14.7 Å². The van der Waals surface area contributed by atoms with E-state index >= 15 is 0 Å². The van der Waals surface area contributed by atoms with Crippen molar-refractivity contribution in [1.82, 2.24) is 10.0 Å². The van der Waals surface area contributed by atoms with Gasteiger partial charge in [-0.05, 0) is 0 Å². The number of aromatic nitrogens is 1. The van der Waals surface area contributed by atoms with Crippen LogP contribution < -0.4 is 4.84 Å². The lowest BCUT2D eigenvalue weighted by molar-refractivity contribution is -0.0568. The molecule has 0 saturated heterocycles. The van der Waals surface area contributed by atoms with E-state index in [9.17, 15) is 0 Å². The third-order valence-electron chi connectivity index (χ3n) is 2.36. The van der Waals surface area contributed by atoms with Gasteiger partial charge in [0, 0.05) is 24.9 Å². The van der Waals surface area contributed by atoms with Crippen molar-refractivity contribution in [3.63, 3.8) is 0 Å². The van der Waals surface area contributed by atoms with Crippen molar-refractivity contribution in [3.8, 4) is 5.75 Å². The maximum atomic E-state index is 9.10. The first-order chi connectivity index (χ1) is 7.35. The van der Waals surface area contributed by atoms with Crippen LogP contribution in [-0.2, 0) is 17.9 Å². The molecule has 1 aromatic heterocycles. The molecule has 0 fully saturated rings. The predicted molar refractivity (Wildman–Crippen MR) is 53.1 cm³/mol. The lowest BCUT2D eigenvalue weighted by Gasteiger charge is -2.12. The summed E-state index contributed by atoms with van der Waals surface area (Å²) in [4.78, 5) is 9.65. The summed E-state index contributed by atoms with van der Waals surface area (Å²) in [5, 5.41) is 10.9. The number of ether oxygens (including phenoxy) is 1. The summed E-state index contributed by atoms with van der Waals surface area (Å²) in [5.41, 5.74) is 1.66. The van der Waals surface area contributed by atoms with Crippen molar-refractivity contribution in [1.29, 1.82) is 0 Å². The Hall–Kier alpha value is -1.17. The molecule has 1 aliphatic rings. The molecule has 2 rings (SSSR count). The SMILES string of the molecule is COCCN1Cc2c(ccnc2CO)O1. The Balaban J connectivity index is 2.09. The van der Waals surface area contributed by atoms with Gasteiger partial charge in [0.05, 0.1) is 32.0 Å². The molecular formula is C10H14N2O3. The van der Waals surface area contributed by atoms with Crippen LogP contribution in [0.5, 0.6) is 5.75 Å². The van der Waals surface area contributed by atoms with E-state index in [0.717, 1.165) is 11.3 Å². The van der Waals surface area contributed by atoms with Gasteiger partial charge in [0.25, 0.3) is 0 Å². The first-order valence-electron chi connectivity index (χ1n) is 4.84. The smallest absolute Gasteiger partial charge is 0.155 e. The zero-order valence-electron chi connectivity index (χ0n) is 8.64. The number of hydroxylamine groups is 2. The van der Waals surface area contributed by atoms with E-state index < -0.39 is 0 Å². The molecule has 0 radical (unpaired) electrons. The summed E-state index contributed by atoms with van der Waals surface area (Å²) < 4.78 is 4.97. The number of hydrogen-bond donors (Lipinski definition) is 1. The number of fused-ring (bicyclic) bond motifs is 1. The van der Waals surface area contributed by atoms with Crippen molar-refractivity contribution >= 4 is 0 Å². The van der Waals surface area contributed by atoms with Crippen molar-refractivity contribution in [2.75, 3.05) is 20.3 Å². The third kappa shape index (κ3) is 2.09. The van der Waals surface area contributed by atoms with Crippen LogP contribution in [-0.4, -0.2) is 35.4 Å². The molecule has 0 aliphatic carbocycles. The molecule has 1 N–H and O–H groups in total. The number of aliphatic hydroxyl groups is 1. The molecule has 0 saturated carbocycles. The minimum absolute atomic E-state index is 0.0509. The van der Waals surface area contributed by atoms with Crippen LogP contribution in [0, 0.1) is 0 Å². The molecule has 0 unspecified atom stereocenters. The second-order valence-corrected chi connectivity index (χ2v) is 3.34. The minimum atomic E-state index is -0.0509. The second kappa shape index (κ2) is 4.57. The van der Waals surface area contributed by atoms with Crippen molar-refractivity contribution in [2.45, 2.75) is 13.2 Å². The molecule has 15 heavy (non-hydrogen) atoms. The Labute approximate surface area is 88.2 Å². The summed E-state index contributed by atoms with van der Waals surface area (Å²) in [6.07, 6.45) is 1.64. The van der Waals surface area contributed by atoms with E-state index in [1.807, 2.05) is 0 Å². The zero-order valence-corrected chi connectivity index (χ0v) is 8.64. The average molecular weight is 210 g/mol. The van der Waals surface area contributed by atoms with E-state index in [-0.39, 0.29) is 6.61 Å². The largest absolute Gasteiger partial charge is 0.405 e. The fraction of sp³-hybridized carbons (Fsp3) is 0.500. The predicted octanol–water partition coefficient (Wildman–Crippen LogP) is 0.330. The molecule has 0 amide bonds. The third-order valence-corrected chi connectivity index (χ3v) is 2.36. The highest BCUT2D eigenvalue weighted by atomic mass is 16.7.